The lowest BCUT2D eigenvalue weighted by Gasteiger charge is -2.34. The van der Waals surface area contributed by atoms with Crippen LogP contribution in [0.25, 0.3) is 0 Å². The third-order valence-electron chi connectivity index (χ3n) is 4.97. The maximum atomic E-state index is 12.3. The summed E-state index contributed by atoms with van der Waals surface area (Å²) in [7, 11) is 1.30. The Kier molecular flexibility index (Phi) is 6.87. The lowest BCUT2D eigenvalue weighted by molar-refractivity contribution is -0.142. The molecule has 136 valence electrons. The van der Waals surface area contributed by atoms with Gasteiger partial charge in [0.15, 0.2) is 0 Å². The first kappa shape index (κ1) is 18.5. The summed E-state index contributed by atoms with van der Waals surface area (Å²) in [5.41, 5.74) is 0. The first-order valence-electron chi connectivity index (χ1n) is 8.92. The zero-order chi connectivity index (χ0) is 17.5. The average molecular weight is 339 g/mol. The van der Waals surface area contributed by atoms with Gasteiger partial charge < -0.3 is 19.9 Å². The smallest absolute Gasteiger partial charge is 0.328 e. The molecule has 0 aromatic heterocycles. The van der Waals surface area contributed by atoms with Gasteiger partial charge in [-0.1, -0.05) is 0 Å². The fourth-order valence-electron chi connectivity index (χ4n) is 3.37. The van der Waals surface area contributed by atoms with E-state index in [4.69, 9.17) is 0 Å². The standard InChI is InChI=1S/C17H29N3O4/c1-13(16(22)24-2)18-17(23)20-10-6-14(7-11-20)12-15(21)19-8-4-3-5-9-19/h13-14H,3-12H2,1-2H3,(H,18,23). The summed E-state index contributed by atoms with van der Waals surface area (Å²) < 4.78 is 4.60. The number of hydrogen-bond acceptors (Lipinski definition) is 4. The van der Waals surface area contributed by atoms with Crippen LogP contribution in [-0.4, -0.2) is 67.0 Å². The molecular formula is C17H29N3O4. The molecule has 2 heterocycles. The first-order chi connectivity index (χ1) is 11.5. The molecule has 1 N–H and O–H groups in total. The molecule has 0 aromatic rings. The molecule has 1 atom stereocenters. The van der Waals surface area contributed by atoms with Crippen molar-refractivity contribution in [1.82, 2.24) is 15.1 Å². The molecule has 0 bridgehead atoms. The van der Waals surface area contributed by atoms with Gasteiger partial charge in [0.05, 0.1) is 7.11 Å². The van der Waals surface area contributed by atoms with E-state index in [1.807, 2.05) is 4.90 Å². The second kappa shape index (κ2) is 8.89. The molecule has 3 amide bonds. The Morgan fingerprint density at radius 2 is 1.67 bits per heavy atom. The van der Waals surface area contributed by atoms with E-state index in [1.165, 1.54) is 13.5 Å². The molecule has 2 saturated heterocycles. The van der Waals surface area contributed by atoms with Gasteiger partial charge in [0.2, 0.25) is 5.91 Å². The van der Waals surface area contributed by atoms with Gasteiger partial charge in [-0.05, 0) is 44.9 Å². The van der Waals surface area contributed by atoms with Gasteiger partial charge in [0.1, 0.15) is 6.04 Å². The van der Waals surface area contributed by atoms with Crippen molar-refractivity contribution in [2.75, 3.05) is 33.3 Å². The number of carbonyl (C=O) groups is 3. The van der Waals surface area contributed by atoms with Crippen molar-refractivity contribution in [1.29, 1.82) is 0 Å². The van der Waals surface area contributed by atoms with Crippen LogP contribution in [0.5, 0.6) is 0 Å². The molecule has 2 fully saturated rings. The van der Waals surface area contributed by atoms with Crippen molar-refractivity contribution in [3.05, 3.63) is 0 Å². The molecule has 2 rings (SSSR count). The van der Waals surface area contributed by atoms with E-state index < -0.39 is 12.0 Å². The number of piperidine rings is 2. The molecule has 1 unspecified atom stereocenters. The van der Waals surface area contributed by atoms with Crippen LogP contribution in [-0.2, 0) is 14.3 Å². The lowest BCUT2D eigenvalue weighted by Crippen LogP contribution is -2.49. The van der Waals surface area contributed by atoms with Gasteiger partial charge in [0.25, 0.3) is 0 Å². The largest absolute Gasteiger partial charge is 0.467 e. The quantitative estimate of drug-likeness (QED) is 0.785. The third kappa shape index (κ3) is 5.11. The predicted molar refractivity (Wildman–Crippen MR) is 89.4 cm³/mol. The molecule has 2 aliphatic rings. The summed E-state index contributed by atoms with van der Waals surface area (Å²) in [5, 5.41) is 2.64. The van der Waals surface area contributed by atoms with E-state index >= 15 is 0 Å². The number of nitrogens with zero attached hydrogens (tertiary/aromatic N) is 2. The van der Waals surface area contributed by atoms with Gasteiger partial charge in [-0.2, -0.15) is 0 Å². The predicted octanol–water partition coefficient (Wildman–Crippen LogP) is 1.37. The Balaban J connectivity index is 1.71. The summed E-state index contributed by atoms with van der Waals surface area (Å²) in [4.78, 5) is 39.5. The van der Waals surface area contributed by atoms with E-state index in [0.717, 1.165) is 38.8 Å². The average Bonchev–Trinajstić information content (AvgIpc) is 2.62. The minimum atomic E-state index is -0.652. The molecule has 0 spiro atoms. The normalized spacial score (nSPS) is 20.4. The Morgan fingerprint density at radius 1 is 1.04 bits per heavy atom. The lowest BCUT2D eigenvalue weighted by atomic mass is 9.92. The van der Waals surface area contributed by atoms with Crippen molar-refractivity contribution in [3.8, 4) is 0 Å². The molecule has 7 nitrogen and oxygen atoms in total. The molecule has 0 aliphatic carbocycles. The molecule has 2 aliphatic heterocycles. The maximum absolute atomic E-state index is 12.3. The Hall–Kier alpha value is -1.79. The van der Waals surface area contributed by atoms with E-state index in [9.17, 15) is 14.4 Å². The van der Waals surface area contributed by atoms with Crippen LogP contribution in [0.2, 0.25) is 0 Å². The zero-order valence-corrected chi connectivity index (χ0v) is 14.8. The SMILES string of the molecule is COC(=O)C(C)NC(=O)N1CCC(CC(=O)N2CCCCC2)CC1. The van der Waals surface area contributed by atoms with E-state index in [2.05, 4.69) is 10.1 Å². The molecule has 24 heavy (non-hydrogen) atoms. The summed E-state index contributed by atoms with van der Waals surface area (Å²) in [5.74, 6) is 0.156. The number of urea groups is 1. The highest BCUT2D eigenvalue weighted by molar-refractivity contribution is 5.83. The number of methoxy groups -OCH3 is 1. The van der Waals surface area contributed by atoms with Crippen molar-refractivity contribution < 1.29 is 19.1 Å². The summed E-state index contributed by atoms with van der Waals surface area (Å²) in [6.45, 7) is 4.64. The van der Waals surface area contributed by atoms with Crippen LogP contribution in [0.3, 0.4) is 0 Å². The van der Waals surface area contributed by atoms with Crippen molar-refractivity contribution in [2.45, 2.75) is 51.5 Å². The summed E-state index contributed by atoms with van der Waals surface area (Å²) in [6.07, 6.45) is 5.71. The van der Waals surface area contributed by atoms with Gasteiger partial charge in [-0.15, -0.1) is 0 Å². The summed E-state index contributed by atoms with van der Waals surface area (Å²) in [6, 6.07) is -0.894. The van der Waals surface area contributed by atoms with Crippen LogP contribution < -0.4 is 5.32 Å². The van der Waals surface area contributed by atoms with Crippen LogP contribution in [0.4, 0.5) is 4.79 Å². The zero-order valence-electron chi connectivity index (χ0n) is 14.8. The van der Waals surface area contributed by atoms with Crippen LogP contribution >= 0.6 is 0 Å². The number of esters is 1. The maximum Gasteiger partial charge on any atom is 0.328 e. The highest BCUT2D eigenvalue weighted by atomic mass is 16.5. The van der Waals surface area contributed by atoms with Crippen LogP contribution in [0.15, 0.2) is 0 Å². The number of likely N-dealkylation sites (tertiary alicyclic amines) is 2. The van der Waals surface area contributed by atoms with E-state index in [0.29, 0.717) is 25.4 Å². The molecule has 0 radical (unpaired) electrons. The second-order valence-corrected chi connectivity index (χ2v) is 6.77. The Morgan fingerprint density at radius 3 is 2.25 bits per heavy atom. The second-order valence-electron chi connectivity index (χ2n) is 6.77. The number of nitrogens with one attached hydrogen (secondary N) is 1. The number of rotatable bonds is 4. The molecular weight excluding hydrogens is 310 g/mol. The highest BCUT2D eigenvalue weighted by Crippen LogP contribution is 2.22. The van der Waals surface area contributed by atoms with Crippen LogP contribution in [0.1, 0.15) is 45.4 Å². The third-order valence-corrected chi connectivity index (χ3v) is 4.97. The van der Waals surface area contributed by atoms with Gasteiger partial charge >= 0.3 is 12.0 Å². The van der Waals surface area contributed by atoms with Gasteiger partial charge in [-0.25, -0.2) is 9.59 Å². The number of hydrogen-bond donors (Lipinski definition) is 1. The van der Waals surface area contributed by atoms with E-state index in [1.54, 1.807) is 11.8 Å². The van der Waals surface area contributed by atoms with E-state index in [-0.39, 0.29) is 11.9 Å². The van der Waals surface area contributed by atoms with Crippen molar-refractivity contribution in [3.63, 3.8) is 0 Å². The van der Waals surface area contributed by atoms with Crippen molar-refractivity contribution >= 4 is 17.9 Å². The van der Waals surface area contributed by atoms with Gasteiger partial charge in [0, 0.05) is 32.6 Å². The first-order valence-corrected chi connectivity index (χ1v) is 8.92. The van der Waals surface area contributed by atoms with Crippen LogP contribution in [0, 0.1) is 5.92 Å². The Labute approximate surface area is 143 Å². The topological polar surface area (TPSA) is 79.0 Å². The van der Waals surface area contributed by atoms with Gasteiger partial charge in [-0.3, -0.25) is 4.79 Å². The fourth-order valence-corrected chi connectivity index (χ4v) is 3.37. The molecule has 0 saturated carbocycles. The number of carbonyl (C=O) groups excluding carboxylic acids is 3. The molecule has 7 heteroatoms. The highest BCUT2D eigenvalue weighted by Gasteiger charge is 2.27. The number of amides is 3. The molecule has 0 aromatic carbocycles. The summed E-state index contributed by atoms with van der Waals surface area (Å²) >= 11 is 0. The monoisotopic (exact) mass is 339 g/mol. The minimum absolute atomic E-state index is 0.242. The minimum Gasteiger partial charge on any atom is -0.467 e. The Bertz CT molecular complexity index is 455. The number of ether oxygens (including phenoxy) is 1. The fraction of sp³-hybridized carbons (Fsp3) is 0.824. The van der Waals surface area contributed by atoms with Crippen molar-refractivity contribution in [2.24, 2.45) is 5.92 Å².